The Bertz CT molecular complexity index is 572. The molecule has 2 aliphatic rings. The number of aliphatic carboxylic acids is 1. The minimum atomic E-state index is -0.724. The molecule has 1 aromatic carbocycles. The summed E-state index contributed by atoms with van der Waals surface area (Å²) in [6.07, 6.45) is 4.53. The number of hydrogen-bond donors (Lipinski definition) is 2. The lowest BCUT2D eigenvalue weighted by molar-refractivity contribution is -0.139. The highest BCUT2D eigenvalue weighted by Crippen LogP contribution is 2.34. The Morgan fingerprint density at radius 3 is 2.61 bits per heavy atom. The minimum absolute atomic E-state index is 0.167. The third kappa shape index (κ3) is 4.83. The normalized spacial score (nSPS) is 23.8. The van der Waals surface area contributed by atoms with Crippen molar-refractivity contribution in [3.05, 3.63) is 33.8 Å². The molecular weight excluding hydrogens is 335 g/mol. The minimum Gasteiger partial charge on any atom is -0.480 e. The van der Waals surface area contributed by atoms with Crippen LogP contribution in [-0.2, 0) is 11.3 Å². The third-order valence-electron chi connectivity index (χ3n) is 4.74. The molecule has 4 nitrogen and oxygen atoms in total. The Balaban J connectivity index is 1.43. The van der Waals surface area contributed by atoms with E-state index in [4.69, 9.17) is 28.3 Å². The molecule has 2 aliphatic carbocycles. The van der Waals surface area contributed by atoms with Crippen LogP contribution >= 0.6 is 23.2 Å². The third-order valence-corrected chi connectivity index (χ3v) is 5.48. The van der Waals surface area contributed by atoms with Gasteiger partial charge in [0.1, 0.15) is 0 Å². The fraction of sp³-hybridized carbons (Fsp3) is 0.588. The van der Waals surface area contributed by atoms with Gasteiger partial charge in [-0.25, -0.2) is 0 Å². The number of carboxylic acids is 1. The van der Waals surface area contributed by atoms with E-state index < -0.39 is 5.97 Å². The van der Waals surface area contributed by atoms with E-state index >= 15 is 0 Å². The van der Waals surface area contributed by atoms with Crippen LogP contribution < -0.4 is 5.32 Å². The lowest BCUT2D eigenvalue weighted by atomic mass is 9.85. The van der Waals surface area contributed by atoms with Gasteiger partial charge in [0.05, 0.1) is 16.6 Å². The van der Waals surface area contributed by atoms with Gasteiger partial charge in [0.15, 0.2) is 0 Å². The molecule has 0 amide bonds. The van der Waals surface area contributed by atoms with Gasteiger partial charge in [0, 0.05) is 25.2 Å². The number of nitrogens with one attached hydrogen (secondary N) is 1. The van der Waals surface area contributed by atoms with E-state index in [0.717, 1.165) is 37.4 Å². The van der Waals surface area contributed by atoms with Crippen LogP contribution in [0.25, 0.3) is 0 Å². The van der Waals surface area contributed by atoms with Crippen LogP contribution in [0, 0.1) is 5.92 Å². The van der Waals surface area contributed by atoms with Gasteiger partial charge >= 0.3 is 5.97 Å². The van der Waals surface area contributed by atoms with E-state index in [1.54, 1.807) is 0 Å². The van der Waals surface area contributed by atoms with E-state index in [1.165, 1.54) is 12.8 Å². The Labute approximate surface area is 146 Å². The summed E-state index contributed by atoms with van der Waals surface area (Å²) in [7, 11) is 0. The summed E-state index contributed by atoms with van der Waals surface area (Å²) >= 11 is 11.9. The zero-order chi connectivity index (χ0) is 16.4. The molecule has 2 fully saturated rings. The maximum atomic E-state index is 11.0. The molecule has 0 aliphatic heterocycles. The molecule has 3 rings (SSSR count). The van der Waals surface area contributed by atoms with Crippen molar-refractivity contribution in [1.29, 1.82) is 0 Å². The molecule has 2 saturated carbocycles. The van der Waals surface area contributed by atoms with E-state index in [1.807, 2.05) is 18.2 Å². The van der Waals surface area contributed by atoms with E-state index in [2.05, 4.69) is 10.2 Å². The molecule has 0 unspecified atom stereocenters. The summed E-state index contributed by atoms with van der Waals surface area (Å²) in [6.45, 7) is 1.87. The molecule has 0 aromatic heterocycles. The molecule has 1 aromatic rings. The number of halogens is 2. The molecule has 0 saturated heterocycles. The molecule has 2 N–H and O–H groups in total. The highest BCUT2D eigenvalue weighted by molar-refractivity contribution is 6.42. The van der Waals surface area contributed by atoms with Gasteiger partial charge < -0.3 is 10.4 Å². The van der Waals surface area contributed by atoms with Crippen LogP contribution in [0.1, 0.15) is 31.2 Å². The number of rotatable bonds is 8. The average Bonchev–Trinajstić information content (AvgIpc) is 3.24. The fourth-order valence-electron chi connectivity index (χ4n) is 3.11. The first-order valence-corrected chi connectivity index (χ1v) is 8.90. The summed E-state index contributed by atoms with van der Waals surface area (Å²) in [5.74, 6) is -0.00423. The predicted molar refractivity (Wildman–Crippen MR) is 92.0 cm³/mol. The highest BCUT2D eigenvalue weighted by atomic mass is 35.5. The monoisotopic (exact) mass is 356 g/mol. The quantitative estimate of drug-likeness (QED) is 0.749. The van der Waals surface area contributed by atoms with Crippen LogP contribution in [0.3, 0.4) is 0 Å². The average molecular weight is 357 g/mol. The lowest BCUT2D eigenvalue weighted by Gasteiger charge is -2.43. The standard InChI is InChI=1S/C17H22Cl2N2O2/c18-15-4-3-12(5-16(15)19)8-20-13-6-14(7-13)21(10-17(22)23)9-11-1-2-11/h3-5,11,13-14,20H,1-2,6-10H2,(H,22,23). The lowest BCUT2D eigenvalue weighted by Crippen LogP contribution is -2.54. The molecule has 0 bridgehead atoms. The summed E-state index contributed by atoms with van der Waals surface area (Å²) in [6, 6.07) is 6.52. The molecule has 126 valence electrons. The van der Waals surface area contributed by atoms with Crippen LogP contribution in [0.15, 0.2) is 18.2 Å². The zero-order valence-corrected chi connectivity index (χ0v) is 14.5. The number of carboxylic acid groups (broad SMARTS) is 1. The van der Waals surface area contributed by atoms with Crippen molar-refractivity contribution >= 4 is 29.2 Å². The van der Waals surface area contributed by atoms with Crippen molar-refractivity contribution in [2.24, 2.45) is 5.92 Å². The molecule has 23 heavy (non-hydrogen) atoms. The van der Waals surface area contributed by atoms with Gasteiger partial charge in [-0.3, -0.25) is 9.69 Å². The molecule has 6 heteroatoms. The number of benzene rings is 1. The van der Waals surface area contributed by atoms with Gasteiger partial charge in [-0.2, -0.15) is 0 Å². The second-order valence-electron chi connectivity index (χ2n) is 6.72. The first-order chi connectivity index (χ1) is 11.0. The molecule has 0 atom stereocenters. The smallest absolute Gasteiger partial charge is 0.317 e. The second kappa shape index (κ2) is 7.39. The summed E-state index contributed by atoms with van der Waals surface area (Å²) in [5, 5.41) is 13.7. The molecule has 0 heterocycles. The van der Waals surface area contributed by atoms with Crippen LogP contribution in [-0.4, -0.2) is 41.1 Å². The van der Waals surface area contributed by atoms with Crippen molar-refractivity contribution in [2.45, 2.75) is 44.3 Å². The Morgan fingerprint density at radius 1 is 1.26 bits per heavy atom. The van der Waals surface area contributed by atoms with E-state index in [9.17, 15) is 4.79 Å². The van der Waals surface area contributed by atoms with Crippen molar-refractivity contribution in [3.63, 3.8) is 0 Å². The zero-order valence-electron chi connectivity index (χ0n) is 13.0. The maximum Gasteiger partial charge on any atom is 0.317 e. The Hall–Kier alpha value is -0.810. The molecule has 0 spiro atoms. The van der Waals surface area contributed by atoms with Crippen molar-refractivity contribution in [2.75, 3.05) is 13.1 Å². The SMILES string of the molecule is O=C(O)CN(CC1CC1)C1CC(NCc2ccc(Cl)c(Cl)c2)C1. The predicted octanol–water partition coefficient (Wildman–Crippen LogP) is 3.41. The molecule has 0 radical (unpaired) electrons. The van der Waals surface area contributed by atoms with Crippen LogP contribution in [0.4, 0.5) is 0 Å². The maximum absolute atomic E-state index is 11.0. The number of nitrogens with zero attached hydrogens (tertiary/aromatic N) is 1. The van der Waals surface area contributed by atoms with E-state index in [0.29, 0.717) is 22.1 Å². The highest BCUT2D eigenvalue weighted by Gasteiger charge is 2.36. The first-order valence-electron chi connectivity index (χ1n) is 8.14. The van der Waals surface area contributed by atoms with Gasteiger partial charge in [-0.15, -0.1) is 0 Å². The number of carbonyl (C=O) groups is 1. The summed E-state index contributed by atoms with van der Waals surface area (Å²) in [4.78, 5) is 13.2. The van der Waals surface area contributed by atoms with Gasteiger partial charge in [-0.1, -0.05) is 29.3 Å². The topological polar surface area (TPSA) is 52.6 Å². The second-order valence-corrected chi connectivity index (χ2v) is 7.53. The van der Waals surface area contributed by atoms with Crippen molar-refractivity contribution in [3.8, 4) is 0 Å². The summed E-state index contributed by atoms with van der Waals surface area (Å²) in [5.41, 5.74) is 1.11. The summed E-state index contributed by atoms with van der Waals surface area (Å²) < 4.78 is 0. The van der Waals surface area contributed by atoms with E-state index in [-0.39, 0.29) is 6.54 Å². The van der Waals surface area contributed by atoms with Gasteiger partial charge in [0.25, 0.3) is 0 Å². The number of hydrogen-bond acceptors (Lipinski definition) is 3. The fourth-order valence-corrected chi connectivity index (χ4v) is 3.43. The Kier molecular flexibility index (Phi) is 5.47. The van der Waals surface area contributed by atoms with Crippen LogP contribution in [0.5, 0.6) is 0 Å². The first kappa shape index (κ1) is 17.0. The van der Waals surface area contributed by atoms with Crippen LogP contribution in [0.2, 0.25) is 10.0 Å². The van der Waals surface area contributed by atoms with Crippen molar-refractivity contribution in [1.82, 2.24) is 10.2 Å². The largest absolute Gasteiger partial charge is 0.480 e. The van der Waals surface area contributed by atoms with Gasteiger partial charge in [0.2, 0.25) is 0 Å². The van der Waals surface area contributed by atoms with Crippen molar-refractivity contribution < 1.29 is 9.90 Å². The molecular formula is C17H22Cl2N2O2. The Morgan fingerprint density at radius 2 is 2.00 bits per heavy atom. The van der Waals surface area contributed by atoms with Gasteiger partial charge in [-0.05, 0) is 49.3 Å².